The van der Waals surface area contributed by atoms with E-state index >= 15 is 0 Å². The Morgan fingerprint density at radius 1 is 0.903 bits per heavy atom. The molecule has 0 saturated heterocycles. The molecule has 3 aromatic carbocycles. The molecule has 1 aromatic heterocycles. The van der Waals surface area contributed by atoms with Crippen molar-refractivity contribution in [2.24, 2.45) is 0 Å². The average molecular weight is 431 g/mol. The number of hydrogen-bond acceptors (Lipinski definition) is 4. The lowest BCUT2D eigenvalue weighted by Crippen LogP contribution is -2.33. The van der Waals surface area contributed by atoms with E-state index in [1.54, 1.807) is 12.3 Å². The third kappa shape index (κ3) is 3.08. The van der Waals surface area contributed by atoms with Crippen LogP contribution in [0.5, 0.6) is 0 Å². The van der Waals surface area contributed by atoms with E-state index in [4.69, 9.17) is 0 Å². The quantitative estimate of drug-likeness (QED) is 0.369. The molecule has 1 aliphatic heterocycles. The highest BCUT2D eigenvalue weighted by Crippen LogP contribution is 2.41. The van der Waals surface area contributed by atoms with Gasteiger partial charge in [0.15, 0.2) is 0 Å². The van der Waals surface area contributed by atoms with Gasteiger partial charge in [-0.05, 0) is 35.4 Å². The summed E-state index contributed by atoms with van der Waals surface area (Å²) in [6.07, 6.45) is 5.17. The first-order valence-electron chi connectivity index (χ1n) is 9.58. The first-order chi connectivity index (χ1) is 15.0. The first kappa shape index (κ1) is 19.1. The monoisotopic (exact) mass is 431 g/mol. The normalized spacial score (nSPS) is 15.7. The molecule has 0 unspecified atom stereocenters. The molecule has 0 radical (unpaired) electrons. The maximum absolute atomic E-state index is 13.6. The van der Waals surface area contributed by atoms with Crippen LogP contribution in [0.1, 0.15) is 22.7 Å². The van der Waals surface area contributed by atoms with Crippen LogP contribution < -0.4 is 0 Å². The number of sulfonamides is 1. The van der Waals surface area contributed by atoms with E-state index in [2.05, 4.69) is 4.98 Å². The Morgan fingerprint density at radius 3 is 2.39 bits per heavy atom. The van der Waals surface area contributed by atoms with E-state index in [0.29, 0.717) is 0 Å². The zero-order valence-corrected chi connectivity index (χ0v) is 17.0. The van der Waals surface area contributed by atoms with Gasteiger partial charge in [0.25, 0.3) is 15.7 Å². The third-order valence-electron chi connectivity index (χ3n) is 5.48. The van der Waals surface area contributed by atoms with Gasteiger partial charge < -0.3 is 4.98 Å². The summed E-state index contributed by atoms with van der Waals surface area (Å²) in [6, 6.07) is 19.8. The van der Waals surface area contributed by atoms with Crippen LogP contribution in [0.4, 0.5) is 5.69 Å². The highest BCUT2D eigenvalue weighted by molar-refractivity contribution is 7.89. The molecule has 0 fully saturated rings. The van der Waals surface area contributed by atoms with Crippen molar-refractivity contribution < 1.29 is 13.3 Å². The second-order valence-electron chi connectivity index (χ2n) is 7.22. The van der Waals surface area contributed by atoms with Crippen molar-refractivity contribution in [3.63, 3.8) is 0 Å². The smallest absolute Gasteiger partial charge is 0.269 e. The van der Waals surface area contributed by atoms with Gasteiger partial charge in [-0.15, -0.1) is 0 Å². The summed E-state index contributed by atoms with van der Waals surface area (Å²) in [5, 5.41) is 11.9. The largest absolute Gasteiger partial charge is 0.361 e. The lowest BCUT2D eigenvalue weighted by molar-refractivity contribution is -0.384. The first-order valence-corrected chi connectivity index (χ1v) is 11.0. The number of non-ortho nitro benzene ring substituents is 1. The van der Waals surface area contributed by atoms with Gasteiger partial charge in [-0.3, -0.25) is 14.4 Å². The number of H-pyrrole nitrogens is 1. The minimum absolute atomic E-state index is 0.00743. The molecule has 0 saturated carbocycles. The number of aromatic amines is 1. The highest BCUT2D eigenvalue weighted by atomic mass is 32.2. The molecule has 31 heavy (non-hydrogen) atoms. The fourth-order valence-electron chi connectivity index (χ4n) is 3.99. The van der Waals surface area contributed by atoms with Crippen LogP contribution in [0, 0.1) is 10.1 Å². The van der Waals surface area contributed by atoms with Crippen molar-refractivity contribution in [1.82, 2.24) is 9.29 Å². The molecule has 1 atom stereocenters. The Kier molecular flexibility index (Phi) is 4.37. The number of nitro benzene ring substituents is 1. The average Bonchev–Trinajstić information content (AvgIpc) is 3.22. The molecule has 0 aliphatic carbocycles. The Hall–Kier alpha value is -3.91. The van der Waals surface area contributed by atoms with Gasteiger partial charge in [-0.2, -0.15) is 0 Å². The highest BCUT2D eigenvalue weighted by Gasteiger charge is 2.35. The Bertz CT molecular complexity index is 1440. The fraction of sp³-hybridized carbons (Fsp3) is 0.0435. The van der Waals surface area contributed by atoms with Crippen LogP contribution in [0.2, 0.25) is 0 Å². The number of nitrogens with zero attached hydrogens (tertiary/aromatic N) is 2. The molecule has 4 aromatic rings. The predicted octanol–water partition coefficient (Wildman–Crippen LogP) is 4.84. The Balaban J connectivity index is 1.69. The molecule has 0 amide bonds. The summed E-state index contributed by atoms with van der Waals surface area (Å²) >= 11 is 0. The summed E-state index contributed by atoms with van der Waals surface area (Å²) in [5.74, 6) is 0. The minimum Gasteiger partial charge on any atom is -0.361 e. The molecule has 2 heterocycles. The number of rotatable bonds is 4. The summed E-state index contributed by atoms with van der Waals surface area (Å²) in [5.41, 5.74) is 3.38. The molecule has 5 rings (SSSR count). The number of aromatic nitrogens is 1. The number of nitrogens with one attached hydrogen (secondary N) is 1. The number of benzene rings is 3. The van der Waals surface area contributed by atoms with Crippen molar-refractivity contribution in [2.75, 3.05) is 0 Å². The zero-order chi connectivity index (χ0) is 21.6. The van der Waals surface area contributed by atoms with Gasteiger partial charge in [0, 0.05) is 41.0 Å². The van der Waals surface area contributed by atoms with E-state index in [1.807, 2.05) is 54.7 Å². The van der Waals surface area contributed by atoms with Crippen LogP contribution in [0.25, 0.3) is 17.0 Å². The molecule has 1 N–H and O–H groups in total. The Labute approximate surface area is 178 Å². The molecule has 0 bridgehead atoms. The molecule has 1 aliphatic rings. The fourth-order valence-corrected chi connectivity index (χ4v) is 5.44. The molecule has 7 nitrogen and oxygen atoms in total. The summed E-state index contributed by atoms with van der Waals surface area (Å²) in [6.45, 7) is 0. The van der Waals surface area contributed by atoms with Crippen LogP contribution in [-0.2, 0) is 10.0 Å². The second kappa shape index (κ2) is 7.10. The number of hydrogen-bond donors (Lipinski definition) is 1. The second-order valence-corrected chi connectivity index (χ2v) is 9.07. The maximum Gasteiger partial charge on any atom is 0.269 e. The van der Waals surface area contributed by atoms with Gasteiger partial charge in [0.2, 0.25) is 0 Å². The lowest BCUT2D eigenvalue weighted by Gasteiger charge is -2.34. The van der Waals surface area contributed by atoms with E-state index in [0.717, 1.165) is 27.6 Å². The SMILES string of the molecule is O=[N+]([O-])c1ccc(S(=O)(=O)N2C=Cc3ccccc3[C@@H]2c2c[nH]c3ccccc23)cc1. The van der Waals surface area contributed by atoms with Gasteiger partial charge in [-0.1, -0.05) is 42.5 Å². The van der Waals surface area contributed by atoms with Gasteiger partial charge in [-0.25, -0.2) is 8.42 Å². The Morgan fingerprint density at radius 2 is 1.61 bits per heavy atom. The van der Waals surface area contributed by atoms with Crippen molar-refractivity contribution >= 4 is 32.7 Å². The van der Waals surface area contributed by atoms with E-state index in [9.17, 15) is 18.5 Å². The van der Waals surface area contributed by atoms with E-state index in [-0.39, 0.29) is 10.6 Å². The van der Waals surface area contributed by atoms with Crippen LogP contribution in [-0.4, -0.2) is 22.6 Å². The third-order valence-corrected chi connectivity index (χ3v) is 7.24. The topological polar surface area (TPSA) is 96.3 Å². The van der Waals surface area contributed by atoms with Crippen LogP contribution in [0.15, 0.2) is 90.1 Å². The molecule has 154 valence electrons. The molecular weight excluding hydrogens is 414 g/mol. The maximum atomic E-state index is 13.6. The van der Waals surface area contributed by atoms with Gasteiger partial charge in [0.1, 0.15) is 0 Å². The standard InChI is InChI=1S/C23H17N3O4S/c27-26(28)17-9-11-18(12-10-17)31(29,30)25-14-13-16-5-1-2-6-19(16)23(25)21-15-24-22-8-4-3-7-20(21)22/h1-15,23-24H/t23-/m1/s1. The van der Waals surface area contributed by atoms with Crippen LogP contribution in [0.3, 0.4) is 0 Å². The van der Waals surface area contributed by atoms with E-state index < -0.39 is 21.0 Å². The van der Waals surface area contributed by atoms with Crippen molar-refractivity contribution in [3.05, 3.63) is 112 Å². The van der Waals surface area contributed by atoms with E-state index in [1.165, 1.54) is 28.6 Å². The molecular formula is C23H17N3O4S. The number of para-hydroxylation sites is 1. The van der Waals surface area contributed by atoms with Crippen molar-refractivity contribution in [3.8, 4) is 0 Å². The van der Waals surface area contributed by atoms with Crippen molar-refractivity contribution in [2.45, 2.75) is 10.9 Å². The van der Waals surface area contributed by atoms with Gasteiger partial charge in [0.05, 0.1) is 15.9 Å². The molecule has 0 spiro atoms. The summed E-state index contributed by atoms with van der Waals surface area (Å²) in [4.78, 5) is 13.6. The lowest BCUT2D eigenvalue weighted by atomic mass is 9.92. The minimum atomic E-state index is -3.98. The zero-order valence-electron chi connectivity index (χ0n) is 16.2. The van der Waals surface area contributed by atoms with Gasteiger partial charge >= 0.3 is 0 Å². The predicted molar refractivity (Wildman–Crippen MR) is 118 cm³/mol. The number of nitro groups is 1. The number of fused-ring (bicyclic) bond motifs is 2. The summed E-state index contributed by atoms with van der Waals surface area (Å²) in [7, 11) is -3.98. The van der Waals surface area contributed by atoms with Crippen molar-refractivity contribution in [1.29, 1.82) is 0 Å². The molecule has 8 heteroatoms. The van der Waals surface area contributed by atoms with Crippen LogP contribution >= 0.6 is 0 Å². The summed E-state index contributed by atoms with van der Waals surface area (Å²) < 4.78 is 28.6.